The number of carbonyl (C=O) groups excluding carboxylic acids is 2. The summed E-state index contributed by atoms with van der Waals surface area (Å²) in [5.41, 5.74) is 0. The number of hydrogen-bond acceptors (Lipinski definition) is 4. The van der Waals surface area contributed by atoms with E-state index in [0.717, 1.165) is 6.92 Å². The quantitative estimate of drug-likeness (QED) is 0.367. The lowest BCUT2D eigenvalue weighted by atomic mass is 10.8. The fourth-order valence-electron chi connectivity index (χ4n) is 0.138. The molecule has 52 valence electrons. The van der Waals surface area contributed by atoms with Gasteiger partial charge in [0.2, 0.25) is 0 Å². The molecule has 9 heavy (non-hydrogen) atoms. The molecular weight excluding hydrogens is 126 g/mol. The number of carbonyl (C=O) groups is 2. The molecule has 0 radical (unpaired) electrons. The van der Waals surface area contributed by atoms with Gasteiger partial charge in [-0.1, -0.05) is 0 Å². The van der Waals surface area contributed by atoms with Gasteiger partial charge in [-0.25, -0.2) is 19.4 Å². The van der Waals surface area contributed by atoms with Crippen LogP contribution in [0.4, 0.5) is 4.79 Å². The summed E-state index contributed by atoms with van der Waals surface area (Å²) in [4.78, 5) is 27.7. The molecule has 0 spiro atoms. The largest absolute Gasteiger partial charge is 0.450 e. The number of rotatable bonds is 0. The van der Waals surface area contributed by atoms with Crippen molar-refractivity contribution in [3.05, 3.63) is 0 Å². The van der Waals surface area contributed by atoms with Crippen LogP contribution in [0.2, 0.25) is 0 Å². The third-order valence-corrected chi connectivity index (χ3v) is 0.439. The van der Waals surface area contributed by atoms with Crippen molar-refractivity contribution in [1.82, 2.24) is 5.32 Å². The zero-order chi connectivity index (χ0) is 7.28. The Balaban J connectivity index is 3.28. The first-order valence-corrected chi connectivity index (χ1v) is 2.23. The molecule has 0 fully saturated rings. The molecule has 0 aliphatic carbocycles. The van der Waals surface area contributed by atoms with Gasteiger partial charge < -0.3 is 5.32 Å². The molecule has 5 heteroatoms. The minimum absolute atomic E-state index is 0.668. The summed E-state index contributed by atoms with van der Waals surface area (Å²) in [6.45, 7) is 1.13. The van der Waals surface area contributed by atoms with Crippen LogP contribution in [0.5, 0.6) is 0 Å². The first-order valence-electron chi connectivity index (χ1n) is 2.23. The van der Waals surface area contributed by atoms with Crippen LogP contribution < -0.4 is 5.32 Å². The van der Waals surface area contributed by atoms with Crippen LogP contribution in [0.3, 0.4) is 0 Å². The van der Waals surface area contributed by atoms with Gasteiger partial charge in [-0.2, -0.15) is 0 Å². The van der Waals surface area contributed by atoms with E-state index in [2.05, 4.69) is 15.1 Å². The van der Waals surface area contributed by atoms with E-state index in [0.29, 0.717) is 0 Å². The van der Waals surface area contributed by atoms with Crippen molar-refractivity contribution in [2.45, 2.75) is 6.92 Å². The minimum Gasteiger partial charge on any atom is -0.321 e. The Morgan fingerprint density at radius 3 is 2.22 bits per heavy atom. The fourth-order valence-corrected chi connectivity index (χ4v) is 0.138. The number of hydrogen-bond donors (Lipinski definition) is 1. The van der Waals surface area contributed by atoms with Crippen molar-refractivity contribution in [3.8, 4) is 0 Å². The molecule has 0 unspecified atom stereocenters. The van der Waals surface area contributed by atoms with Gasteiger partial charge in [0.05, 0.1) is 0 Å². The monoisotopic (exact) mass is 133 g/mol. The van der Waals surface area contributed by atoms with Gasteiger partial charge in [0.1, 0.15) is 0 Å². The predicted molar refractivity (Wildman–Crippen MR) is 27.3 cm³/mol. The van der Waals surface area contributed by atoms with Gasteiger partial charge >= 0.3 is 12.1 Å². The second kappa shape index (κ2) is 3.71. The minimum atomic E-state index is -0.801. The summed E-state index contributed by atoms with van der Waals surface area (Å²) in [7, 11) is 1.35. The fraction of sp³-hybridized carbons (Fsp3) is 0.500. The maximum atomic E-state index is 10.1. The standard InChI is InChI=1S/C4H7NO4/c1-3(6)8-9-4(7)5-2/h1-2H3,(H,5,7). The van der Waals surface area contributed by atoms with Gasteiger partial charge in [-0.05, 0) is 0 Å². The Morgan fingerprint density at radius 1 is 1.33 bits per heavy atom. The van der Waals surface area contributed by atoms with E-state index in [-0.39, 0.29) is 0 Å². The van der Waals surface area contributed by atoms with Crippen molar-refractivity contribution >= 4 is 12.1 Å². The smallest absolute Gasteiger partial charge is 0.321 e. The highest BCUT2D eigenvalue weighted by Gasteiger charge is 1.99. The van der Waals surface area contributed by atoms with Crippen LogP contribution in [-0.2, 0) is 14.6 Å². The summed E-state index contributed by atoms with van der Waals surface area (Å²) in [6, 6.07) is 0. The van der Waals surface area contributed by atoms with Gasteiger partial charge in [0.15, 0.2) is 0 Å². The molecule has 0 aliphatic heterocycles. The summed E-state index contributed by atoms with van der Waals surface area (Å²) in [5.74, 6) is -0.668. The molecule has 0 heterocycles. The van der Waals surface area contributed by atoms with Crippen LogP contribution >= 0.6 is 0 Å². The van der Waals surface area contributed by atoms with E-state index in [4.69, 9.17) is 0 Å². The molecular formula is C4H7NO4. The van der Waals surface area contributed by atoms with Crippen LogP contribution in [0.15, 0.2) is 0 Å². The molecule has 0 aromatic heterocycles. The van der Waals surface area contributed by atoms with Gasteiger partial charge in [0, 0.05) is 14.0 Å². The van der Waals surface area contributed by atoms with E-state index in [1.165, 1.54) is 7.05 Å². The summed E-state index contributed by atoms with van der Waals surface area (Å²) < 4.78 is 0. The maximum absolute atomic E-state index is 10.1. The molecule has 0 aromatic carbocycles. The number of amides is 1. The zero-order valence-electron chi connectivity index (χ0n) is 5.13. The van der Waals surface area contributed by atoms with Crippen LogP contribution in [0.25, 0.3) is 0 Å². The van der Waals surface area contributed by atoms with E-state index in [1.807, 2.05) is 0 Å². The molecule has 1 amide bonds. The van der Waals surface area contributed by atoms with E-state index in [9.17, 15) is 9.59 Å². The zero-order valence-corrected chi connectivity index (χ0v) is 5.13. The number of nitrogens with one attached hydrogen (secondary N) is 1. The first kappa shape index (κ1) is 7.74. The molecule has 0 aromatic rings. The lowest BCUT2D eigenvalue weighted by Crippen LogP contribution is -2.20. The molecule has 0 bridgehead atoms. The van der Waals surface area contributed by atoms with Crippen molar-refractivity contribution in [2.75, 3.05) is 7.05 Å². The highest BCUT2D eigenvalue weighted by Crippen LogP contribution is 1.78. The van der Waals surface area contributed by atoms with Crippen LogP contribution in [0, 0.1) is 0 Å². The van der Waals surface area contributed by atoms with E-state index < -0.39 is 12.1 Å². The summed E-state index contributed by atoms with van der Waals surface area (Å²) in [6.07, 6.45) is -0.801. The predicted octanol–water partition coefficient (Wildman–Crippen LogP) is -0.179. The SMILES string of the molecule is CNC(=O)OOC(C)=O. The van der Waals surface area contributed by atoms with E-state index in [1.54, 1.807) is 0 Å². The third-order valence-electron chi connectivity index (χ3n) is 0.439. The van der Waals surface area contributed by atoms with Crippen molar-refractivity contribution in [2.24, 2.45) is 0 Å². The highest BCUT2D eigenvalue weighted by atomic mass is 17.2. The molecule has 0 saturated heterocycles. The average molecular weight is 133 g/mol. The lowest BCUT2D eigenvalue weighted by Gasteiger charge is -1.96. The second-order valence-corrected chi connectivity index (χ2v) is 1.20. The molecule has 0 aliphatic rings. The molecule has 0 rings (SSSR count). The van der Waals surface area contributed by atoms with Crippen molar-refractivity contribution in [3.63, 3.8) is 0 Å². The van der Waals surface area contributed by atoms with Crippen molar-refractivity contribution in [1.29, 1.82) is 0 Å². The normalized spacial score (nSPS) is 7.78. The topological polar surface area (TPSA) is 64.6 Å². The molecule has 0 atom stereocenters. The Hall–Kier alpha value is -1.26. The third kappa shape index (κ3) is 4.60. The molecule has 0 saturated carbocycles. The average Bonchev–Trinajstić information content (AvgIpc) is 1.83. The lowest BCUT2D eigenvalue weighted by molar-refractivity contribution is -0.229. The van der Waals surface area contributed by atoms with Gasteiger partial charge in [0.25, 0.3) is 0 Å². The maximum Gasteiger partial charge on any atom is 0.450 e. The van der Waals surface area contributed by atoms with Gasteiger partial charge in [-0.3, -0.25) is 0 Å². The Morgan fingerprint density at radius 2 is 1.89 bits per heavy atom. The Kier molecular flexibility index (Phi) is 3.19. The molecule has 1 N–H and O–H groups in total. The second-order valence-electron chi connectivity index (χ2n) is 1.20. The molecule has 5 nitrogen and oxygen atoms in total. The van der Waals surface area contributed by atoms with Gasteiger partial charge in [-0.15, -0.1) is 0 Å². The van der Waals surface area contributed by atoms with E-state index >= 15 is 0 Å². The first-order chi connectivity index (χ1) is 4.16. The van der Waals surface area contributed by atoms with Crippen LogP contribution in [-0.4, -0.2) is 19.1 Å². The highest BCUT2D eigenvalue weighted by molar-refractivity contribution is 5.69. The Labute approximate surface area is 51.9 Å². The summed E-state index contributed by atoms with van der Waals surface area (Å²) >= 11 is 0. The van der Waals surface area contributed by atoms with Crippen LogP contribution in [0.1, 0.15) is 6.92 Å². The summed E-state index contributed by atoms with van der Waals surface area (Å²) in [5, 5.41) is 2.08. The van der Waals surface area contributed by atoms with Crippen molar-refractivity contribution < 1.29 is 19.4 Å². The Bertz CT molecular complexity index is 122.